The highest BCUT2D eigenvalue weighted by molar-refractivity contribution is 7.89. The number of pyridine rings is 2. The van der Waals surface area contributed by atoms with E-state index in [2.05, 4.69) is 43.5 Å². The maximum absolute atomic E-state index is 13.9. The Labute approximate surface area is 360 Å². The lowest BCUT2D eigenvalue weighted by Gasteiger charge is -2.40. The highest BCUT2D eigenvalue weighted by atomic mass is 35.5. The Morgan fingerprint density at radius 3 is 2.39 bits per heavy atom. The van der Waals surface area contributed by atoms with Crippen molar-refractivity contribution in [2.45, 2.75) is 81.7 Å². The number of urea groups is 1. The molecule has 1 aliphatic carbocycles. The van der Waals surface area contributed by atoms with Crippen LogP contribution < -0.4 is 26.0 Å². The first-order valence-corrected chi connectivity index (χ1v) is 23.2. The molecule has 320 valence electrons. The molecule has 2 N–H and O–H groups in total. The van der Waals surface area contributed by atoms with Gasteiger partial charge in [-0.2, -0.15) is 9.29 Å². The van der Waals surface area contributed by atoms with Crippen molar-refractivity contribution in [2.24, 2.45) is 5.92 Å². The zero-order chi connectivity index (χ0) is 42.4. The summed E-state index contributed by atoms with van der Waals surface area (Å²) in [6.45, 7) is 5.82. The van der Waals surface area contributed by atoms with Gasteiger partial charge < -0.3 is 15.1 Å². The summed E-state index contributed by atoms with van der Waals surface area (Å²) in [7, 11) is -1.51. The number of amides is 3. The van der Waals surface area contributed by atoms with Crippen LogP contribution in [-0.4, -0.2) is 101 Å². The number of piperidine rings is 2. The van der Waals surface area contributed by atoms with Gasteiger partial charge in [0.1, 0.15) is 10.7 Å². The third-order valence-corrected chi connectivity index (χ3v) is 15.3. The number of carbonyl (C=O) groups is 2. The molecule has 4 fully saturated rings. The second-order valence-electron chi connectivity index (χ2n) is 17.0. The van der Waals surface area contributed by atoms with Gasteiger partial charge in [0.05, 0.1) is 16.8 Å². The van der Waals surface area contributed by atoms with Crippen LogP contribution in [0, 0.1) is 12.8 Å². The number of halogens is 1. The maximum Gasteiger partial charge on any atom is 0.328 e. The second-order valence-corrected chi connectivity index (χ2v) is 19.3. The molecule has 3 aromatic heterocycles. The summed E-state index contributed by atoms with van der Waals surface area (Å²) < 4.78 is 31.1. The second kappa shape index (κ2) is 17.0. The van der Waals surface area contributed by atoms with Crippen molar-refractivity contribution < 1.29 is 18.0 Å². The van der Waals surface area contributed by atoms with Gasteiger partial charge in [-0.05, 0) is 94.3 Å². The molecule has 5 aromatic rings. The zero-order valence-electron chi connectivity index (χ0n) is 34.5. The fraction of sp³-hybridized carbons (Fsp3) is 0.455. The van der Waals surface area contributed by atoms with Gasteiger partial charge in [-0.25, -0.2) is 18.2 Å². The Bertz CT molecular complexity index is 2670. The van der Waals surface area contributed by atoms with E-state index in [9.17, 15) is 22.8 Å². The van der Waals surface area contributed by atoms with Crippen molar-refractivity contribution >= 4 is 78.4 Å². The van der Waals surface area contributed by atoms with E-state index in [0.717, 1.165) is 93.0 Å². The van der Waals surface area contributed by atoms with Crippen LogP contribution in [0.15, 0.2) is 70.7 Å². The van der Waals surface area contributed by atoms with Crippen LogP contribution in [0.3, 0.4) is 0 Å². The number of aryl methyl sites for hydroxylation is 1. The SMILES string of the molecule is Cc1cc(S(=O)(=O)N2CCC(CN(C)C3CCN(c4cccc5c(N6CCC(=O)NC6=O)cncc45)CC3)CC2)ccc1Nc1ncc2cc(Cl)c(=O)n(C3CCCC3)c2n1. The molecule has 3 aliphatic heterocycles. The zero-order valence-corrected chi connectivity index (χ0v) is 36.1. The molecule has 0 atom stereocenters. The Balaban J connectivity index is 0.792. The molecule has 0 radical (unpaired) electrons. The highest BCUT2D eigenvalue weighted by Crippen LogP contribution is 2.36. The first kappa shape index (κ1) is 41.2. The molecule has 2 aromatic carbocycles. The summed E-state index contributed by atoms with van der Waals surface area (Å²) in [5.74, 6) is 0.455. The number of aromatic nitrogens is 4. The third-order valence-electron chi connectivity index (χ3n) is 13.2. The van der Waals surface area contributed by atoms with E-state index in [4.69, 9.17) is 16.6 Å². The van der Waals surface area contributed by atoms with Crippen molar-refractivity contribution in [2.75, 3.05) is 61.4 Å². The minimum Gasteiger partial charge on any atom is -0.371 e. The molecule has 3 saturated heterocycles. The third kappa shape index (κ3) is 8.18. The lowest BCUT2D eigenvalue weighted by Crippen LogP contribution is -2.49. The number of anilines is 4. The number of imide groups is 1. The molecular weight excluding hydrogens is 816 g/mol. The smallest absolute Gasteiger partial charge is 0.328 e. The van der Waals surface area contributed by atoms with E-state index in [1.165, 1.54) is 0 Å². The minimum atomic E-state index is -3.70. The van der Waals surface area contributed by atoms with Gasteiger partial charge in [-0.15, -0.1) is 0 Å². The number of rotatable bonds is 10. The summed E-state index contributed by atoms with van der Waals surface area (Å²) in [5.41, 5.74) is 3.50. The van der Waals surface area contributed by atoms with Crippen molar-refractivity contribution in [3.63, 3.8) is 0 Å². The van der Waals surface area contributed by atoms with Crippen LogP contribution in [0.1, 0.15) is 69.4 Å². The van der Waals surface area contributed by atoms with Crippen LogP contribution in [-0.2, 0) is 14.8 Å². The number of carbonyl (C=O) groups excluding carboxylic acids is 2. The highest BCUT2D eigenvalue weighted by Gasteiger charge is 2.33. The van der Waals surface area contributed by atoms with Crippen LogP contribution >= 0.6 is 11.6 Å². The Morgan fingerprint density at radius 1 is 0.885 bits per heavy atom. The lowest BCUT2D eigenvalue weighted by molar-refractivity contribution is -0.120. The van der Waals surface area contributed by atoms with Crippen LogP contribution in [0.4, 0.5) is 27.8 Å². The van der Waals surface area contributed by atoms with Gasteiger partial charge in [0.15, 0.2) is 0 Å². The largest absolute Gasteiger partial charge is 0.371 e. The first-order chi connectivity index (χ1) is 29.4. The first-order valence-electron chi connectivity index (χ1n) is 21.3. The van der Waals surface area contributed by atoms with Crippen LogP contribution in [0.5, 0.6) is 0 Å². The molecule has 0 spiro atoms. The van der Waals surface area contributed by atoms with Crippen molar-refractivity contribution in [1.82, 2.24) is 34.0 Å². The Morgan fingerprint density at radius 2 is 1.66 bits per heavy atom. The molecule has 6 heterocycles. The topological polar surface area (TPSA) is 166 Å². The van der Waals surface area contributed by atoms with Crippen molar-refractivity contribution in [3.05, 3.63) is 82.0 Å². The minimum absolute atomic E-state index is 0.0454. The summed E-state index contributed by atoms with van der Waals surface area (Å²) >= 11 is 6.31. The number of nitrogens with one attached hydrogen (secondary N) is 2. The molecular formula is C44H51ClN10O5S. The molecule has 0 bridgehead atoms. The van der Waals surface area contributed by atoms with Crippen LogP contribution in [0.2, 0.25) is 5.02 Å². The van der Waals surface area contributed by atoms with Gasteiger partial charge in [0.2, 0.25) is 21.9 Å². The molecule has 4 aliphatic rings. The molecule has 1 saturated carbocycles. The summed E-state index contributed by atoms with van der Waals surface area (Å²) in [6, 6.07) is 12.9. The summed E-state index contributed by atoms with van der Waals surface area (Å²) in [5, 5.41) is 8.42. The van der Waals surface area contributed by atoms with Crippen molar-refractivity contribution in [3.8, 4) is 0 Å². The van der Waals surface area contributed by atoms with Crippen LogP contribution in [0.25, 0.3) is 21.8 Å². The van der Waals surface area contributed by atoms with E-state index in [-0.39, 0.29) is 33.8 Å². The van der Waals surface area contributed by atoms with Gasteiger partial charge in [0, 0.05) is 97.7 Å². The quantitative estimate of drug-likeness (QED) is 0.155. The monoisotopic (exact) mass is 866 g/mol. The normalized spacial score (nSPS) is 19.1. The fourth-order valence-corrected chi connectivity index (χ4v) is 11.5. The average molecular weight is 867 g/mol. The number of fused-ring (bicyclic) bond motifs is 2. The van der Waals surface area contributed by atoms with E-state index in [1.807, 2.05) is 25.3 Å². The fourth-order valence-electron chi connectivity index (χ4n) is 9.74. The average Bonchev–Trinajstić information content (AvgIpc) is 3.80. The summed E-state index contributed by atoms with van der Waals surface area (Å²) in [6.07, 6.45) is 13.0. The number of hydrogen-bond acceptors (Lipinski definition) is 11. The lowest BCUT2D eigenvalue weighted by atomic mass is 9.95. The van der Waals surface area contributed by atoms with Gasteiger partial charge in [-0.1, -0.05) is 36.6 Å². The van der Waals surface area contributed by atoms with E-state index in [1.54, 1.807) is 50.4 Å². The van der Waals surface area contributed by atoms with E-state index < -0.39 is 16.1 Å². The van der Waals surface area contributed by atoms with Crippen molar-refractivity contribution in [1.29, 1.82) is 0 Å². The Kier molecular flexibility index (Phi) is 11.5. The molecule has 61 heavy (non-hydrogen) atoms. The molecule has 3 amide bonds. The molecule has 17 heteroatoms. The molecule has 15 nitrogen and oxygen atoms in total. The number of benzene rings is 2. The summed E-state index contributed by atoms with van der Waals surface area (Å²) in [4.78, 5) is 57.9. The van der Waals surface area contributed by atoms with Gasteiger partial charge >= 0.3 is 6.03 Å². The van der Waals surface area contributed by atoms with Gasteiger partial charge in [-0.3, -0.25) is 29.4 Å². The number of nitrogens with zero attached hydrogens (tertiary/aromatic N) is 8. The maximum atomic E-state index is 13.9. The predicted octanol–water partition coefficient (Wildman–Crippen LogP) is 6.61. The Hall–Kier alpha value is -5.16. The standard InChI is InChI=1S/C44H51ClN10O5S/c1-28-22-33(10-11-37(28)48-43-47-24-30-23-36(45)42(57)55(41(30)50-43)32-6-3-4-7-32)61(59,60)53-19-12-29(13-20-53)27-51(2)31-14-17-52(18-15-31)38-9-5-8-34-35(38)25-46-26-39(34)54-21-16-40(56)49-44(54)58/h5,8-11,22-26,29,31-32H,3-4,6-7,12-21,27H2,1-2H3,(H,47,48,50)(H,49,56,58). The number of hydrogen-bond donors (Lipinski definition) is 2. The molecule has 9 rings (SSSR count). The molecule has 0 unspecified atom stereocenters. The van der Waals surface area contributed by atoms with Gasteiger partial charge in [0.25, 0.3) is 5.56 Å². The van der Waals surface area contributed by atoms with E-state index in [0.29, 0.717) is 60.0 Å². The van der Waals surface area contributed by atoms with E-state index >= 15 is 0 Å². The predicted molar refractivity (Wildman–Crippen MR) is 237 cm³/mol. The number of sulfonamides is 1.